The monoisotopic (exact) mass is 400 g/mol. The number of sulfonamides is 1. The second-order valence-corrected chi connectivity index (χ2v) is 7.54. The van der Waals surface area contributed by atoms with Gasteiger partial charge in [-0.1, -0.05) is 6.07 Å². The number of amides is 1. The molecule has 0 atom stereocenters. The lowest BCUT2D eigenvalue weighted by molar-refractivity contribution is 0.0948. The van der Waals surface area contributed by atoms with Crippen LogP contribution in [-0.2, 0) is 16.6 Å². The van der Waals surface area contributed by atoms with Gasteiger partial charge in [0.05, 0.1) is 24.3 Å². The van der Waals surface area contributed by atoms with E-state index in [1.165, 1.54) is 24.5 Å². The Kier molecular flexibility index (Phi) is 6.00. The molecule has 28 heavy (non-hydrogen) atoms. The Bertz CT molecular complexity index is 1030. The van der Waals surface area contributed by atoms with Gasteiger partial charge >= 0.3 is 0 Å². The molecule has 0 unspecified atom stereocenters. The van der Waals surface area contributed by atoms with Crippen LogP contribution in [-0.4, -0.2) is 20.9 Å². The van der Waals surface area contributed by atoms with Crippen molar-refractivity contribution in [3.05, 3.63) is 78.3 Å². The predicted octanol–water partition coefficient (Wildman–Crippen LogP) is 3.41. The molecule has 0 spiro atoms. The SMILES string of the molecule is CCOc1ccc(NS(=O)(=O)c2cccc(C(=O)NCc3ccco3)c2)cc1. The minimum atomic E-state index is -3.84. The van der Waals surface area contributed by atoms with E-state index in [0.717, 1.165) is 0 Å². The first kappa shape index (κ1) is 19.5. The van der Waals surface area contributed by atoms with E-state index in [9.17, 15) is 13.2 Å². The van der Waals surface area contributed by atoms with Crippen molar-refractivity contribution in [1.29, 1.82) is 0 Å². The van der Waals surface area contributed by atoms with Crippen LogP contribution in [0.3, 0.4) is 0 Å². The van der Waals surface area contributed by atoms with Crippen molar-refractivity contribution in [2.75, 3.05) is 11.3 Å². The number of benzene rings is 2. The molecule has 0 radical (unpaired) electrons. The summed E-state index contributed by atoms with van der Waals surface area (Å²) in [7, 11) is -3.84. The van der Waals surface area contributed by atoms with Gasteiger partial charge in [-0.15, -0.1) is 0 Å². The van der Waals surface area contributed by atoms with Gasteiger partial charge in [0.2, 0.25) is 0 Å². The lowest BCUT2D eigenvalue weighted by Gasteiger charge is -2.10. The first-order valence-corrected chi connectivity index (χ1v) is 10.1. The van der Waals surface area contributed by atoms with E-state index in [-0.39, 0.29) is 17.0 Å². The van der Waals surface area contributed by atoms with Crippen molar-refractivity contribution in [3.63, 3.8) is 0 Å². The molecule has 3 rings (SSSR count). The Morgan fingerprint density at radius 3 is 2.54 bits per heavy atom. The zero-order chi connectivity index (χ0) is 20.0. The van der Waals surface area contributed by atoms with Crippen LogP contribution < -0.4 is 14.8 Å². The normalized spacial score (nSPS) is 11.0. The fourth-order valence-corrected chi connectivity index (χ4v) is 3.59. The van der Waals surface area contributed by atoms with Crippen LogP contribution >= 0.6 is 0 Å². The highest BCUT2D eigenvalue weighted by Gasteiger charge is 2.17. The van der Waals surface area contributed by atoms with Crippen LogP contribution in [0.15, 0.2) is 76.2 Å². The molecule has 0 fully saturated rings. The standard InChI is InChI=1S/C20H20N2O5S/c1-2-26-17-10-8-16(9-11-17)22-28(24,25)19-7-3-5-15(13-19)20(23)21-14-18-6-4-12-27-18/h3-13,22H,2,14H2,1H3,(H,21,23). The second-order valence-electron chi connectivity index (χ2n) is 5.85. The molecule has 3 aromatic rings. The smallest absolute Gasteiger partial charge is 0.261 e. The summed E-state index contributed by atoms with van der Waals surface area (Å²) in [6, 6.07) is 15.9. The molecule has 2 aromatic carbocycles. The Morgan fingerprint density at radius 2 is 1.86 bits per heavy atom. The van der Waals surface area contributed by atoms with E-state index in [1.54, 1.807) is 42.5 Å². The van der Waals surface area contributed by atoms with E-state index in [0.29, 0.717) is 23.8 Å². The number of hydrogen-bond acceptors (Lipinski definition) is 5. The first-order valence-electron chi connectivity index (χ1n) is 8.64. The number of rotatable bonds is 8. The number of carbonyl (C=O) groups excluding carboxylic acids is 1. The minimum absolute atomic E-state index is 0.00738. The van der Waals surface area contributed by atoms with Crippen molar-refractivity contribution in [3.8, 4) is 5.75 Å². The number of carbonyl (C=O) groups is 1. The Morgan fingerprint density at radius 1 is 1.07 bits per heavy atom. The van der Waals surface area contributed by atoms with E-state index in [1.807, 2.05) is 6.92 Å². The predicted molar refractivity (Wildman–Crippen MR) is 105 cm³/mol. The highest BCUT2D eigenvalue weighted by atomic mass is 32.2. The van der Waals surface area contributed by atoms with Gasteiger partial charge in [-0.05, 0) is 61.5 Å². The van der Waals surface area contributed by atoms with Crippen molar-refractivity contribution in [2.45, 2.75) is 18.4 Å². The summed E-state index contributed by atoms with van der Waals surface area (Å²) >= 11 is 0. The Hall–Kier alpha value is -3.26. The summed E-state index contributed by atoms with van der Waals surface area (Å²) in [4.78, 5) is 12.3. The zero-order valence-corrected chi connectivity index (χ0v) is 16.0. The lowest BCUT2D eigenvalue weighted by Crippen LogP contribution is -2.23. The Balaban J connectivity index is 1.71. The molecule has 0 bridgehead atoms. The molecule has 0 saturated heterocycles. The summed E-state index contributed by atoms with van der Waals surface area (Å²) < 4.78 is 38.3. The summed E-state index contributed by atoms with van der Waals surface area (Å²) in [5.74, 6) is 0.865. The number of ether oxygens (including phenoxy) is 1. The molecule has 2 N–H and O–H groups in total. The van der Waals surface area contributed by atoms with Crippen LogP contribution in [0, 0.1) is 0 Å². The molecule has 8 heteroatoms. The number of hydrogen-bond donors (Lipinski definition) is 2. The van der Waals surface area contributed by atoms with Crippen molar-refractivity contribution >= 4 is 21.6 Å². The summed E-state index contributed by atoms with van der Waals surface area (Å²) in [6.45, 7) is 2.61. The zero-order valence-electron chi connectivity index (χ0n) is 15.2. The van der Waals surface area contributed by atoms with E-state index < -0.39 is 15.9 Å². The number of furan rings is 1. The lowest BCUT2D eigenvalue weighted by atomic mass is 10.2. The van der Waals surface area contributed by atoms with Crippen LogP contribution in [0.4, 0.5) is 5.69 Å². The van der Waals surface area contributed by atoms with Gasteiger partial charge in [0, 0.05) is 11.3 Å². The van der Waals surface area contributed by atoms with Crippen LogP contribution in [0.2, 0.25) is 0 Å². The number of anilines is 1. The largest absolute Gasteiger partial charge is 0.494 e. The molecule has 0 aliphatic heterocycles. The minimum Gasteiger partial charge on any atom is -0.494 e. The van der Waals surface area contributed by atoms with Gasteiger partial charge in [0.15, 0.2) is 0 Å². The quantitative estimate of drug-likeness (QED) is 0.604. The van der Waals surface area contributed by atoms with Crippen molar-refractivity contribution in [2.24, 2.45) is 0 Å². The highest BCUT2D eigenvalue weighted by molar-refractivity contribution is 7.92. The third-order valence-corrected chi connectivity index (χ3v) is 5.21. The molecular formula is C20H20N2O5S. The molecule has 1 amide bonds. The maximum absolute atomic E-state index is 12.6. The molecule has 146 valence electrons. The highest BCUT2D eigenvalue weighted by Crippen LogP contribution is 2.20. The fourth-order valence-electron chi connectivity index (χ4n) is 2.49. The average molecular weight is 400 g/mol. The molecule has 0 aliphatic rings. The fraction of sp³-hybridized carbons (Fsp3) is 0.150. The summed E-state index contributed by atoms with van der Waals surface area (Å²) in [6.07, 6.45) is 1.52. The maximum atomic E-state index is 12.6. The van der Waals surface area contributed by atoms with Gasteiger partial charge in [-0.2, -0.15) is 0 Å². The molecule has 1 aromatic heterocycles. The molecular weight excluding hydrogens is 380 g/mol. The van der Waals surface area contributed by atoms with Crippen molar-refractivity contribution in [1.82, 2.24) is 5.32 Å². The maximum Gasteiger partial charge on any atom is 0.261 e. The van der Waals surface area contributed by atoms with Gasteiger partial charge in [0.1, 0.15) is 11.5 Å². The first-order chi connectivity index (χ1) is 13.5. The third-order valence-electron chi connectivity index (χ3n) is 3.83. The molecule has 0 saturated carbocycles. The third kappa shape index (κ3) is 4.92. The van der Waals surface area contributed by atoms with Gasteiger partial charge < -0.3 is 14.5 Å². The van der Waals surface area contributed by atoms with Crippen LogP contribution in [0.5, 0.6) is 5.75 Å². The number of nitrogens with one attached hydrogen (secondary N) is 2. The summed E-state index contributed by atoms with van der Waals surface area (Å²) in [5.41, 5.74) is 0.636. The van der Waals surface area contributed by atoms with Gasteiger partial charge in [-0.3, -0.25) is 9.52 Å². The molecule has 7 nitrogen and oxygen atoms in total. The molecule has 0 aliphatic carbocycles. The average Bonchev–Trinajstić information content (AvgIpc) is 3.21. The van der Waals surface area contributed by atoms with Crippen LogP contribution in [0.1, 0.15) is 23.0 Å². The summed E-state index contributed by atoms with van der Waals surface area (Å²) in [5, 5.41) is 2.69. The second kappa shape index (κ2) is 8.62. The van der Waals surface area contributed by atoms with Crippen molar-refractivity contribution < 1.29 is 22.4 Å². The van der Waals surface area contributed by atoms with E-state index in [2.05, 4.69) is 10.0 Å². The van der Waals surface area contributed by atoms with E-state index in [4.69, 9.17) is 9.15 Å². The van der Waals surface area contributed by atoms with E-state index >= 15 is 0 Å². The topological polar surface area (TPSA) is 97.6 Å². The molecule has 1 heterocycles. The van der Waals surface area contributed by atoms with Crippen LogP contribution in [0.25, 0.3) is 0 Å². The Labute approximate surface area is 163 Å². The van der Waals surface area contributed by atoms with Gasteiger partial charge in [0.25, 0.3) is 15.9 Å². The van der Waals surface area contributed by atoms with Gasteiger partial charge in [-0.25, -0.2) is 8.42 Å².